The van der Waals surface area contributed by atoms with Crippen LogP contribution in [0.4, 0.5) is 5.69 Å². The summed E-state index contributed by atoms with van der Waals surface area (Å²) in [6, 6.07) is 5.48. The van der Waals surface area contributed by atoms with Crippen molar-refractivity contribution in [2.75, 3.05) is 37.7 Å². The zero-order valence-electron chi connectivity index (χ0n) is 13.5. The van der Waals surface area contributed by atoms with E-state index in [-0.39, 0.29) is 6.61 Å². The molecule has 0 fully saturated rings. The molecule has 0 aromatic heterocycles. The van der Waals surface area contributed by atoms with Gasteiger partial charge in [-0.2, -0.15) is 4.31 Å². The maximum atomic E-state index is 12.6. The SMILES string of the molecule is CCN(CC)S(=O)(=O)c1ccc2c(c1)CCN2CCCCO. The van der Waals surface area contributed by atoms with E-state index in [1.807, 2.05) is 26.0 Å². The number of sulfonamides is 1. The van der Waals surface area contributed by atoms with Crippen LogP contribution in [-0.2, 0) is 16.4 Å². The quantitative estimate of drug-likeness (QED) is 0.741. The van der Waals surface area contributed by atoms with Crippen molar-refractivity contribution in [2.45, 2.75) is 38.0 Å². The molecule has 1 aromatic carbocycles. The molecular weight excluding hydrogens is 300 g/mol. The second-order valence-electron chi connectivity index (χ2n) is 5.55. The highest BCUT2D eigenvalue weighted by Gasteiger charge is 2.25. The van der Waals surface area contributed by atoms with Crippen molar-refractivity contribution < 1.29 is 13.5 Å². The molecule has 0 amide bonds. The molecule has 0 radical (unpaired) electrons. The number of aliphatic hydroxyl groups is 1. The monoisotopic (exact) mass is 326 g/mol. The van der Waals surface area contributed by atoms with Crippen LogP contribution in [0.3, 0.4) is 0 Å². The van der Waals surface area contributed by atoms with Gasteiger partial charge in [-0.25, -0.2) is 8.42 Å². The number of nitrogens with zero attached hydrogens (tertiary/aromatic N) is 2. The first kappa shape index (κ1) is 17.2. The van der Waals surface area contributed by atoms with Gasteiger partial charge in [0.15, 0.2) is 0 Å². The Kier molecular flexibility index (Phi) is 5.83. The normalized spacial score (nSPS) is 14.6. The summed E-state index contributed by atoms with van der Waals surface area (Å²) in [4.78, 5) is 2.67. The van der Waals surface area contributed by atoms with Crippen LogP contribution in [-0.4, -0.2) is 50.6 Å². The average molecular weight is 326 g/mol. The molecule has 0 aliphatic carbocycles. The van der Waals surface area contributed by atoms with E-state index in [1.54, 1.807) is 6.07 Å². The van der Waals surface area contributed by atoms with Crippen molar-refractivity contribution in [1.29, 1.82) is 0 Å². The first-order chi connectivity index (χ1) is 10.5. The zero-order chi connectivity index (χ0) is 16.2. The summed E-state index contributed by atoms with van der Waals surface area (Å²) in [5.74, 6) is 0. The number of rotatable bonds is 8. The summed E-state index contributed by atoms with van der Waals surface area (Å²) in [6.45, 7) is 6.76. The summed E-state index contributed by atoms with van der Waals surface area (Å²) in [6.07, 6.45) is 2.64. The second-order valence-corrected chi connectivity index (χ2v) is 7.49. The molecule has 124 valence electrons. The Bertz CT molecular complexity index is 597. The van der Waals surface area contributed by atoms with Crippen LogP contribution in [0, 0.1) is 0 Å². The van der Waals surface area contributed by atoms with Crippen LogP contribution in [0.15, 0.2) is 23.1 Å². The Morgan fingerprint density at radius 3 is 2.59 bits per heavy atom. The number of hydrogen-bond donors (Lipinski definition) is 1. The van der Waals surface area contributed by atoms with Gasteiger partial charge in [-0.1, -0.05) is 13.8 Å². The van der Waals surface area contributed by atoms with E-state index < -0.39 is 10.0 Å². The summed E-state index contributed by atoms with van der Waals surface area (Å²) in [5, 5.41) is 8.87. The molecule has 1 N–H and O–H groups in total. The third-order valence-electron chi connectivity index (χ3n) is 4.22. The topological polar surface area (TPSA) is 60.9 Å². The highest BCUT2D eigenvalue weighted by Crippen LogP contribution is 2.31. The predicted octanol–water partition coefficient (Wildman–Crippen LogP) is 1.85. The van der Waals surface area contributed by atoms with Crippen molar-refractivity contribution in [1.82, 2.24) is 4.31 Å². The molecule has 0 unspecified atom stereocenters. The average Bonchev–Trinajstić information content (AvgIpc) is 2.91. The summed E-state index contributed by atoms with van der Waals surface area (Å²) >= 11 is 0. The molecule has 22 heavy (non-hydrogen) atoms. The van der Waals surface area contributed by atoms with E-state index in [0.29, 0.717) is 18.0 Å². The lowest BCUT2D eigenvalue weighted by Crippen LogP contribution is -2.30. The van der Waals surface area contributed by atoms with Crippen molar-refractivity contribution in [3.05, 3.63) is 23.8 Å². The zero-order valence-corrected chi connectivity index (χ0v) is 14.3. The minimum atomic E-state index is -3.38. The first-order valence-electron chi connectivity index (χ1n) is 8.03. The van der Waals surface area contributed by atoms with Crippen LogP contribution < -0.4 is 4.90 Å². The fraction of sp³-hybridized carbons (Fsp3) is 0.625. The van der Waals surface area contributed by atoms with Crippen molar-refractivity contribution in [3.63, 3.8) is 0 Å². The third kappa shape index (κ3) is 3.45. The van der Waals surface area contributed by atoms with Gasteiger partial charge in [0.05, 0.1) is 4.90 Å². The highest BCUT2D eigenvalue weighted by molar-refractivity contribution is 7.89. The van der Waals surface area contributed by atoms with E-state index in [9.17, 15) is 8.42 Å². The third-order valence-corrected chi connectivity index (χ3v) is 6.27. The van der Waals surface area contributed by atoms with Crippen molar-refractivity contribution in [2.24, 2.45) is 0 Å². The molecule has 5 nitrogen and oxygen atoms in total. The molecule has 0 bridgehead atoms. The maximum absolute atomic E-state index is 12.6. The van der Waals surface area contributed by atoms with Gasteiger partial charge in [0.1, 0.15) is 0 Å². The standard InChI is InChI=1S/C16H26N2O3S/c1-3-18(4-2)22(20,21)15-7-8-16-14(13-15)9-11-17(16)10-5-6-12-19/h7-8,13,19H,3-6,9-12H2,1-2H3. The number of fused-ring (bicyclic) bond motifs is 1. The van der Waals surface area contributed by atoms with Gasteiger partial charge in [0.25, 0.3) is 0 Å². The van der Waals surface area contributed by atoms with Crippen molar-refractivity contribution in [3.8, 4) is 0 Å². The Balaban J connectivity index is 2.20. The Labute approximate surface area is 133 Å². The van der Waals surface area contributed by atoms with Gasteiger partial charge in [0, 0.05) is 38.5 Å². The molecule has 1 aliphatic heterocycles. The Hall–Kier alpha value is -1.11. The van der Waals surface area contributed by atoms with Crippen LogP contribution in [0.1, 0.15) is 32.3 Å². The predicted molar refractivity (Wildman–Crippen MR) is 88.8 cm³/mol. The van der Waals surface area contributed by atoms with Crippen LogP contribution >= 0.6 is 0 Å². The molecule has 1 heterocycles. The number of benzene rings is 1. The summed E-state index contributed by atoms with van der Waals surface area (Å²) < 4.78 is 26.6. The lowest BCUT2D eigenvalue weighted by Gasteiger charge is -2.21. The number of unbranched alkanes of at least 4 members (excludes halogenated alkanes) is 1. The first-order valence-corrected chi connectivity index (χ1v) is 9.47. The molecule has 1 aliphatic rings. The molecular formula is C16H26N2O3S. The van der Waals surface area contributed by atoms with E-state index in [0.717, 1.165) is 43.6 Å². The second kappa shape index (κ2) is 7.44. The van der Waals surface area contributed by atoms with E-state index in [4.69, 9.17) is 5.11 Å². The van der Waals surface area contributed by atoms with E-state index >= 15 is 0 Å². The molecule has 0 saturated heterocycles. The van der Waals surface area contributed by atoms with Crippen molar-refractivity contribution >= 4 is 15.7 Å². The Morgan fingerprint density at radius 2 is 1.95 bits per heavy atom. The van der Waals surface area contributed by atoms with E-state index in [1.165, 1.54) is 4.31 Å². The molecule has 2 rings (SSSR count). The van der Waals surface area contributed by atoms with Gasteiger partial charge < -0.3 is 10.0 Å². The molecule has 0 spiro atoms. The molecule has 1 aromatic rings. The fourth-order valence-corrected chi connectivity index (χ4v) is 4.48. The highest BCUT2D eigenvalue weighted by atomic mass is 32.2. The lowest BCUT2D eigenvalue weighted by atomic mass is 10.2. The minimum Gasteiger partial charge on any atom is -0.396 e. The van der Waals surface area contributed by atoms with Gasteiger partial charge in [-0.15, -0.1) is 0 Å². The van der Waals surface area contributed by atoms with Gasteiger partial charge >= 0.3 is 0 Å². The smallest absolute Gasteiger partial charge is 0.243 e. The van der Waals surface area contributed by atoms with Crippen LogP contribution in [0.5, 0.6) is 0 Å². The molecule has 0 saturated carbocycles. The lowest BCUT2D eigenvalue weighted by molar-refractivity contribution is 0.285. The summed E-state index contributed by atoms with van der Waals surface area (Å²) in [7, 11) is -3.38. The van der Waals surface area contributed by atoms with E-state index in [2.05, 4.69) is 4.90 Å². The largest absolute Gasteiger partial charge is 0.396 e. The maximum Gasteiger partial charge on any atom is 0.243 e. The van der Waals surface area contributed by atoms with Gasteiger partial charge in [0.2, 0.25) is 10.0 Å². The Morgan fingerprint density at radius 1 is 1.23 bits per heavy atom. The fourth-order valence-electron chi connectivity index (χ4n) is 2.97. The van der Waals surface area contributed by atoms with Crippen LogP contribution in [0.2, 0.25) is 0 Å². The van der Waals surface area contributed by atoms with Gasteiger partial charge in [-0.3, -0.25) is 0 Å². The number of aliphatic hydroxyl groups excluding tert-OH is 1. The van der Waals surface area contributed by atoms with Crippen LogP contribution in [0.25, 0.3) is 0 Å². The number of anilines is 1. The summed E-state index contributed by atoms with van der Waals surface area (Å²) in [5.41, 5.74) is 2.24. The number of hydrogen-bond acceptors (Lipinski definition) is 4. The molecule has 6 heteroatoms. The van der Waals surface area contributed by atoms with Gasteiger partial charge in [-0.05, 0) is 43.0 Å². The minimum absolute atomic E-state index is 0.224. The molecule has 0 atom stereocenters.